The molecule has 2 fully saturated rings. The predicted octanol–water partition coefficient (Wildman–Crippen LogP) is 2.35. The number of hydrogen-bond donors (Lipinski definition) is 1. The van der Waals surface area contributed by atoms with Crippen molar-refractivity contribution in [2.45, 2.75) is 31.5 Å². The van der Waals surface area contributed by atoms with E-state index in [4.69, 9.17) is 0 Å². The van der Waals surface area contributed by atoms with Crippen molar-refractivity contribution in [3.8, 4) is 11.1 Å². The molecule has 0 saturated carbocycles. The van der Waals surface area contributed by atoms with Gasteiger partial charge in [0.25, 0.3) is 0 Å². The molecule has 5 rings (SSSR count). The lowest BCUT2D eigenvalue weighted by atomic mass is 10.2. The van der Waals surface area contributed by atoms with E-state index in [0.29, 0.717) is 22.3 Å². The second kappa shape index (κ2) is 6.48. The molecule has 0 radical (unpaired) electrons. The lowest BCUT2D eigenvalue weighted by Gasteiger charge is -2.33. The number of alkyl halides is 2. The van der Waals surface area contributed by atoms with Crippen molar-refractivity contribution in [3.63, 3.8) is 0 Å². The molecule has 138 valence electrons. The van der Waals surface area contributed by atoms with E-state index >= 15 is 0 Å². The second-order valence-electron chi connectivity index (χ2n) is 6.67. The average Bonchev–Trinajstić information content (AvgIpc) is 3.31. The zero-order chi connectivity index (χ0) is 17.0. The Labute approximate surface area is 154 Å². The van der Waals surface area contributed by atoms with Gasteiger partial charge >= 0.3 is 6.55 Å². The number of aromatic nitrogens is 5. The highest BCUT2D eigenvalue weighted by Crippen LogP contribution is 2.30. The molecule has 0 spiro atoms. The van der Waals surface area contributed by atoms with E-state index in [-0.39, 0.29) is 12.4 Å². The number of anilines is 1. The van der Waals surface area contributed by atoms with Crippen LogP contribution in [0.25, 0.3) is 16.6 Å². The Morgan fingerprint density at radius 3 is 2.54 bits per heavy atom. The minimum Gasteiger partial charge on any atom is -0.352 e. The summed E-state index contributed by atoms with van der Waals surface area (Å²) >= 11 is 0. The van der Waals surface area contributed by atoms with E-state index in [1.807, 2.05) is 12.3 Å². The molecule has 2 unspecified atom stereocenters. The Balaban J connectivity index is 0.00000168. The predicted molar refractivity (Wildman–Crippen MR) is 94.9 cm³/mol. The van der Waals surface area contributed by atoms with Crippen LogP contribution >= 0.6 is 12.4 Å². The van der Waals surface area contributed by atoms with E-state index in [9.17, 15) is 8.78 Å². The van der Waals surface area contributed by atoms with E-state index in [1.165, 1.54) is 25.2 Å². The van der Waals surface area contributed by atoms with Gasteiger partial charge in [0.2, 0.25) is 0 Å². The van der Waals surface area contributed by atoms with Crippen molar-refractivity contribution in [3.05, 3.63) is 31.0 Å². The molecule has 2 aliphatic heterocycles. The van der Waals surface area contributed by atoms with Gasteiger partial charge in [0.15, 0.2) is 5.82 Å². The van der Waals surface area contributed by atoms with Crippen LogP contribution in [0.1, 0.15) is 19.4 Å². The van der Waals surface area contributed by atoms with Gasteiger partial charge in [-0.2, -0.15) is 19.0 Å². The lowest BCUT2D eigenvalue weighted by molar-refractivity contribution is 0.0566. The third kappa shape index (κ3) is 2.80. The quantitative estimate of drug-likeness (QED) is 0.754. The Kier molecular flexibility index (Phi) is 4.28. The zero-order valence-electron chi connectivity index (χ0n) is 13.8. The highest BCUT2D eigenvalue weighted by molar-refractivity contribution is 5.85. The highest BCUT2D eigenvalue weighted by atomic mass is 35.5. The fraction of sp³-hybridized carbons (Fsp3) is 0.438. The van der Waals surface area contributed by atoms with Crippen molar-refractivity contribution >= 4 is 23.7 Å². The highest BCUT2D eigenvalue weighted by Gasteiger charge is 2.33. The topological polar surface area (TPSA) is 63.3 Å². The zero-order valence-corrected chi connectivity index (χ0v) is 14.6. The first kappa shape index (κ1) is 17.2. The standard InChI is InChI=1S/C16H17F2N7.ClH/c17-16(18)25-6-11(4-20-25)10-3-14-15(19-9-21-24(14)5-10)23-7-12-1-2-13(8-23)22-12;/h3-6,9,12-13,16,22H,1-2,7-8H2;1H. The van der Waals surface area contributed by atoms with Gasteiger partial charge in [0, 0.05) is 48.7 Å². The summed E-state index contributed by atoms with van der Waals surface area (Å²) in [5, 5.41) is 11.6. The summed E-state index contributed by atoms with van der Waals surface area (Å²) in [4.78, 5) is 6.79. The molecule has 0 amide bonds. The normalized spacial score (nSPS) is 22.2. The Bertz CT molecular complexity index is 912. The van der Waals surface area contributed by atoms with Gasteiger partial charge in [-0.3, -0.25) is 0 Å². The third-order valence-corrected chi connectivity index (χ3v) is 5.04. The van der Waals surface area contributed by atoms with E-state index in [1.54, 1.807) is 10.8 Å². The maximum Gasteiger partial charge on any atom is 0.333 e. The van der Waals surface area contributed by atoms with Gasteiger partial charge in [-0.1, -0.05) is 0 Å². The molecule has 3 aromatic rings. The maximum atomic E-state index is 12.7. The summed E-state index contributed by atoms with van der Waals surface area (Å²) < 4.78 is 27.9. The monoisotopic (exact) mass is 381 g/mol. The minimum absolute atomic E-state index is 0. The molecule has 2 bridgehead atoms. The smallest absolute Gasteiger partial charge is 0.333 e. The van der Waals surface area contributed by atoms with Crippen LogP contribution in [0.15, 0.2) is 31.0 Å². The molecule has 26 heavy (non-hydrogen) atoms. The first-order chi connectivity index (χ1) is 12.2. The van der Waals surface area contributed by atoms with Gasteiger partial charge in [-0.15, -0.1) is 12.4 Å². The first-order valence-corrected chi connectivity index (χ1v) is 8.34. The van der Waals surface area contributed by atoms with Crippen LogP contribution in [0.2, 0.25) is 0 Å². The van der Waals surface area contributed by atoms with Crippen LogP contribution < -0.4 is 10.2 Å². The number of piperazine rings is 1. The lowest BCUT2D eigenvalue weighted by Crippen LogP contribution is -2.51. The van der Waals surface area contributed by atoms with Crippen LogP contribution in [-0.4, -0.2) is 49.6 Å². The molecule has 0 aromatic carbocycles. The summed E-state index contributed by atoms with van der Waals surface area (Å²) in [6, 6.07) is 2.95. The van der Waals surface area contributed by atoms with Crippen LogP contribution in [0, 0.1) is 0 Å². The fourth-order valence-electron chi connectivity index (χ4n) is 3.88. The van der Waals surface area contributed by atoms with Crippen LogP contribution in [0.3, 0.4) is 0 Å². The molecule has 1 N–H and O–H groups in total. The molecule has 0 aliphatic carbocycles. The summed E-state index contributed by atoms with van der Waals surface area (Å²) in [7, 11) is 0. The van der Waals surface area contributed by atoms with Gasteiger partial charge < -0.3 is 10.2 Å². The molecule has 2 saturated heterocycles. The summed E-state index contributed by atoms with van der Waals surface area (Å²) in [6.07, 6.45) is 8.54. The van der Waals surface area contributed by atoms with Gasteiger partial charge in [0.05, 0.1) is 6.20 Å². The van der Waals surface area contributed by atoms with Gasteiger partial charge in [0.1, 0.15) is 11.8 Å². The number of fused-ring (bicyclic) bond motifs is 3. The second-order valence-corrected chi connectivity index (χ2v) is 6.67. The molecular weight excluding hydrogens is 364 g/mol. The molecule has 3 aromatic heterocycles. The number of nitrogens with one attached hydrogen (secondary N) is 1. The number of rotatable bonds is 3. The number of nitrogens with zero attached hydrogens (tertiary/aromatic N) is 6. The first-order valence-electron chi connectivity index (χ1n) is 8.34. The van der Waals surface area contributed by atoms with Crippen LogP contribution in [0.5, 0.6) is 0 Å². The van der Waals surface area contributed by atoms with Crippen molar-refractivity contribution in [2.75, 3.05) is 18.0 Å². The van der Waals surface area contributed by atoms with E-state index in [2.05, 4.69) is 25.4 Å². The van der Waals surface area contributed by atoms with E-state index < -0.39 is 6.55 Å². The Morgan fingerprint density at radius 2 is 1.85 bits per heavy atom. The molecule has 7 nitrogen and oxygen atoms in total. The van der Waals surface area contributed by atoms with Gasteiger partial charge in [-0.25, -0.2) is 14.2 Å². The molecular formula is C16H18ClF2N7. The summed E-state index contributed by atoms with van der Waals surface area (Å²) in [5.41, 5.74) is 2.31. The van der Waals surface area contributed by atoms with Crippen molar-refractivity contribution < 1.29 is 8.78 Å². The average molecular weight is 382 g/mol. The third-order valence-electron chi connectivity index (χ3n) is 5.04. The number of halogens is 3. The van der Waals surface area contributed by atoms with Crippen LogP contribution in [0.4, 0.5) is 14.6 Å². The van der Waals surface area contributed by atoms with Crippen molar-refractivity contribution in [2.24, 2.45) is 0 Å². The maximum absolute atomic E-state index is 12.7. The van der Waals surface area contributed by atoms with Gasteiger partial charge in [-0.05, 0) is 18.9 Å². The van der Waals surface area contributed by atoms with Crippen molar-refractivity contribution in [1.82, 2.24) is 29.7 Å². The largest absolute Gasteiger partial charge is 0.352 e. The molecule has 2 aliphatic rings. The summed E-state index contributed by atoms with van der Waals surface area (Å²) in [6.45, 7) is -0.794. The molecule has 2 atom stereocenters. The minimum atomic E-state index is -2.64. The number of hydrogen-bond acceptors (Lipinski definition) is 5. The summed E-state index contributed by atoms with van der Waals surface area (Å²) in [5.74, 6) is 0.890. The Hall–Kier alpha value is -2.26. The SMILES string of the molecule is Cl.FC(F)n1cc(-c2cc3c(N4CC5CCC(C4)N5)ncnn3c2)cn1. The van der Waals surface area contributed by atoms with Crippen molar-refractivity contribution in [1.29, 1.82) is 0 Å². The van der Waals surface area contributed by atoms with Crippen LogP contribution in [-0.2, 0) is 0 Å². The molecule has 10 heteroatoms. The van der Waals surface area contributed by atoms with E-state index in [0.717, 1.165) is 30.0 Å². The molecule has 5 heterocycles. The Morgan fingerprint density at radius 1 is 1.08 bits per heavy atom. The fourth-order valence-corrected chi connectivity index (χ4v) is 3.88.